The molecule has 0 bridgehead atoms. The molecule has 0 aromatic carbocycles. The Hall–Kier alpha value is -2.37. The number of carbonyl (C=O) groups excluding carboxylic acids is 1. The van der Waals surface area contributed by atoms with Crippen LogP contribution in [0.25, 0.3) is 0 Å². The zero-order chi connectivity index (χ0) is 12.3. The van der Waals surface area contributed by atoms with Crippen molar-refractivity contribution in [1.82, 2.24) is 14.8 Å². The van der Waals surface area contributed by atoms with Gasteiger partial charge in [0, 0.05) is 18.8 Å². The summed E-state index contributed by atoms with van der Waals surface area (Å²) < 4.78 is 6.63. The molecule has 0 aliphatic heterocycles. The van der Waals surface area contributed by atoms with E-state index in [0.717, 1.165) is 0 Å². The predicted molar refractivity (Wildman–Crippen MR) is 61.5 cm³/mol. The van der Waals surface area contributed by atoms with Crippen LogP contribution in [0.2, 0.25) is 0 Å². The standard InChI is InChI=1S/C11H12N4O2/c1-2-15-9(6-10(12)14-15)11(16)17-8-4-3-5-13-7-8/h3-7H,2H2,1H3,(H2,12,14). The second kappa shape index (κ2) is 4.65. The molecule has 2 N–H and O–H groups in total. The van der Waals surface area contributed by atoms with Crippen molar-refractivity contribution in [2.45, 2.75) is 13.5 Å². The van der Waals surface area contributed by atoms with Crippen molar-refractivity contribution in [1.29, 1.82) is 0 Å². The average molecular weight is 232 g/mol. The summed E-state index contributed by atoms with van der Waals surface area (Å²) >= 11 is 0. The molecule has 0 radical (unpaired) electrons. The first-order valence-electron chi connectivity index (χ1n) is 5.16. The molecule has 17 heavy (non-hydrogen) atoms. The Bertz CT molecular complexity index is 522. The van der Waals surface area contributed by atoms with E-state index in [1.54, 1.807) is 18.3 Å². The summed E-state index contributed by atoms with van der Waals surface area (Å²) in [7, 11) is 0. The summed E-state index contributed by atoms with van der Waals surface area (Å²) in [5.74, 6) is 0.189. The van der Waals surface area contributed by atoms with Crippen LogP contribution in [-0.4, -0.2) is 20.7 Å². The predicted octanol–water partition coefficient (Wildman–Crippen LogP) is 1.10. The number of aromatic nitrogens is 3. The van der Waals surface area contributed by atoms with Gasteiger partial charge in [-0.25, -0.2) is 4.79 Å². The van der Waals surface area contributed by atoms with Crippen LogP contribution in [0.1, 0.15) is 17.4 Å². The van der Waals surface area contributed by atoms with Gasteiger partial charge in [0.25, 0.3) is 0 Å². The molecule has 0 saturated heterocycles. The first-order valence-corrected chi connectivity index (χ1v) is 5.16. The van der Waals surface area contributed by atoms with E-state index in [-0.39, 0.29) is 0 Å². The molecule has 6 heteroatoms. The maximum atomic E-state index is 11.8. The highest BCUT2D eigenvalue weighted by atomic mass is 16.5. The van der Waals surface area contributed by atoms with Gasteiger partial charge in [-0.15, -0.1) is 0 Å². The van der Waals surface area contributed by atoms with Gasteiger partial charge in [-0.3, -0.25) is 9.67 Å². The van der Waals surface area contributed by atoms with Crippen molar-refractivity contribution < 1.29 is 9.53 Å². The largest absolute Gasteiger partial charge is 0.420 e. The van der Waals surface area contributed by atoms with Crippen LogP contribution in [0.15, 0.2) is 30.6 Å². The molecule has 0 atom stereocenters. The molecule has 2 aromatic rings. The third-order valence-electron chi connectivity index (χ3n) is 2.15. The van der Waals surface area contributed by atoms with E-state index in [0.29, 0.717) is 23.8 Å². The first-order chi connectivity index (χ1) is 8.20. The topological polar surface area (TPSA) is 83.0 Å². The van der Waals surface area contributed by atoms with E-state index >= 15 is 0 Å². The average Bonchev–Trinajstić information content (AvgIpc) is 2.72. The van der Waals surface area contributed by atoms with E-state index in [1.807, 2.05) is 6.92 Å². The molecule has 0 amide bonds. The molecule has 0 unspecified atom stereocenters. The normalized spacial score (nSPS) is 10.2. The zero-order valence-electron chi connectivity index (χ0n) is 9.33. The lowest BCUT2D eigenvalue weighted by Gasteiger charge is -2.04. The lowest BCUT2D eigenvalue weighted by atomic mass is 10.4. The van der Waals surface area contributed by atoms with Crippen LogP contribution in [0.5, 0.6) is 5.75 Å². The van der Waals surface area contributed by atoms with Crippen LogP contribution >= 0.6 is 0 Å². The van der Waals surface area contributed by atoms with Gasteiger partial charge in [0.05, 0.1) is 6.20 Å². The smallest absolute Gasteiger partial charge is 0.362 e. The quantitative estimate of drug-likeness (QED) is 0.801. The monoisotopic (exact) mass is 232 g/mol. The fourth-order valence-electron chi connectivity index (χ4n) is 1.41. The summed E-state index contributed by atoms with van der Waals surface area (Å²) in [5.41, 5.74) is 5.86. The molecular formula is C11H12N4O2. The van der Waals surface area contributed by atoms with Gasteiger partial charge >= 0.3 is 5.97 Å². The lowest BCUT2D eigenvalue weighted by molar-refractivity contribution is 0.0721. The summed E-state index contributed by atoms with van der Waals surface area (Å²) in [6, 6.07) is 4.83. The minimum absolute atomic E-state index is 0.296. The molecule has 2 aromatic heterocycles. The van der Waals surface area contributed by atoms with Crippen LogP contribution < -0.4 is 10.5 Å². The van der Waals surface area contributed by atoms with Crippen LogP contribution in [-0.2, 0) is 6.54 Å². The molecular weight excluding hydrogens is 220 g/mol. The number of hydrogen-bond donors (Lipinski definition) is 1. The Morgan fingerprint density at radius 3 is 3.06 bits per heavy atom. The number of nitrogen functional groups attached to an aromatic ring is 1. The number of nitrogens with two attached hydrogens (primary N) is 1. The van der Waals surface area contributed by atoms with Gasteiger partial charge in [-0.1, -0.05) is 0 Å². The summed E-state index contributed by atoms with van der Waals surface area (Å²) in [4.78, 5) is 15.7. The second-order valence-corrected chi connectivity index (χ2v) is 3.35. The number of nitrogens with zero attached hydrogens (tertiary/aromatic N) is 3. The third-order valence-corrected chi connectivity index (χ3v) is 2.15. The van der Waals surface area contributed by atoms with Gasteiger partial charge in [0.1, 0.15) is 17.3 Å². The van der Waals surface area contributed by atoms with Gasteiger partial charge in [-0.2, -0.15) is 5.10 Å². The highest BCUT2D eigenvalue weighted by Gasteiger charge is 2.15. The first kappa shape index (κ1) is 11.1. The van der Waals surface area contributed by atoms with Crippen molar-refractivity contribution >= 4 is 11.8 Å². The van der Waals surface area contributed by atoms with E-state index < -0.39 is 5.97 Å². The van der Waals surface area contributed by atoms with E-state index in [9.17, 15) is 4.79 Å². The van der Waals surface area contributed by atoms with E-state index in [2.05, 4.69) is 10.1 Å². The van der Waals surface area contributed by atoms with Crippen molar-refractivity contribution in [3.8, 4) is 5.75 Å². The van der Waals surface area contributed by atoms with Crippen molar-refractivity contribution in [2.24, 2.45) is 0 Å². The Labute approximate surface area is 98.0 Å². The van der Waals surface area contributed by atoms with E-state index in [4.69, 9.17) is 10.5 Å². The molecule has 2 rings (SSSR count). The summed E-state index contributed by atoms with van der Waals surface area (Å²) in [5, 5.41) is 3.97. The highest BCUT2D eigenvalue weighted by molar-refractivity contribution is 5.90. The van der Waals surface area contributed by atoms with Crippen LogP contribution in [0, 0.1) is 0 Å². The Morgan fingerprint density at radius 2 is 2.41 bits per heavy atom. The van der Waals surface area contributed by atoms with Crippen molar-refractivity contribution in [3.63, 3.8) is 0 Å². The third kappa shape index (κ3) is 2.41. The Morgan fingerprint density at radius 1 is 1.59 bits per heavy atom. The number of pyridine rings is 1. The van der Waals surface area contributed by atoms with E-state index in [1.165, 1.54) is 16.9 Å². The van der Waals surface area contributed by atoms with Crippen LogP contribution in [0.4, 0.5) is 5.82 Å². The molecule has 0 aliphatic carbocycles. The number of ether oxygens (including phenoxy) is 1. The molecule has 88 valence electrons. The minimum atomic E-state index is -0.496. The maximum absolute atomic E-state index is 11.8. The van der Waals surface area contributed by atoms with Crippen molar-refractivity contribution in [2.75, 3.05) is 5.73 Å². The number of anilines is 1. The fraction of sp³-hybridized carbons (Fsp3) is 0.182. The Kier molecular flexibility index (Phi) is 3.04. The summed E-state index contributed by atoms with van der Waals surface area (Å²) in [6.07, 6.45) is 3.07. The highest BCUT2D eigenvalue weighted by Crippen LogP contribution is 2.12. The number of aryl methyl sites for hydroxylation is 1. The Balaban J connectivity index is 2.20. The number of hydrogen-bond acceptors (Lipinski definition) is 5. The fourth-order valence-corrected chi connectivity index (χ4v) is 1.41. The second-order valence-electron chi connectivity index (χ2n) is 3.35. The van der Waals surface area contributed by atoms with Crippen LogP contribution in [0.3, 0.4) is 0 Å². The van der Waals surface area contributed by atoms with Crippen molar-refractivity contribution in [3.05, 3.63) is 36.3 Å². The minimum Gasteiger partial charge on any atom is -0.420 e. The maximum Gasteiger partial charge on any atom is 0.362 e. The molecule has 0 fully saturated rings. The van der Waals surface area contributed by atoms with Gasteiger partial charge in [-0.05, 0) is 19.1 Å². The molecule has 2 heterocycles. The number of esters is 1. The molecule has 0 spiro atoms. The number of carbonyl (C=O) groups is 1. The molecule has 6 nitrogen and oxygen atoms in total. The molecule has 0 saturated carbocycles. The van der Waals surface area contributed by atoms with Gasteiger partial charge < -0.3 is 10.5 Å². The van der Waals surface area contributed by atoms with Gasteiger partial charge in [0.2, 0.25) is 0 Å². The zero-order valence-corrected chi connectivity index (χ0v) is 9.33. The lowest BCUT2D eigenvalue weighted by Crippen LogP contribution is -2.15. The molecule has 0 aliphatic rings. The van der Waals surface area contributed by atoms with Gasteiger partial charge in [0.15, 0.2) is 0 Å². The summed E-state index contributed by atoms with van der Waals surface area (Å²) in [6.45, 7) is 2.42. The SMILES string of the molecule is CCn1nc(N)cc1C(=O)Oc1cccnc1. The number of rotatable bonds is 3.